The number of nitrogens with one attached hydrogen (secondary N) is 1. The van der Waals surface area contributed by atoms with Crippen LogP contribution >= 0.6 is 27.5 Å². The lowest BCUT2D eigenvalue weighted by molar-refractivity contribution is -0.139. The fourth-order valence-corrected chi connectivity index (χ4v) is 6.38. The number of nitrogens with zero attached hydrogens (tertiary/aromatic N) is 2. The Hall–Kier alpha value is -3.66. The predicted octanol–water partition coefficient (Wildman–Crippen LogP) is 5.99. The molecule has 0 aliphatic heterocycles. The van der Waals surface area contributed by atoms with Gasteiger partial charge in [-0.1, -0.05) is 93.8 Å². The summed E-state index contributed by atoms with van der Waals surface area (Å²) in [5.41, 5.74) is 2.69. The third kappa shape index (κ3) is 7.59. The summed E-state index contributed by atoms with van der Waals surface area (Å²) in [6.45, 7) is 1.33. The number of aryl methyl sites for hydroxylation is 1. The molecule has 4 rings (SSSR count). The van der Waals surface area contributed by atoms with Crippen molar-refractivity contribution in [3.05, 3.63) is 129 Å². The minimum absolute atomic E-state index is 0.00217. The number of carbonyl (C=O) groups excluding carboxylic acids is 2. The predicted molar refractivity (Wildman–Crippen MR) is 170 cm³/mol. The molecule has 4 aromatic rings. The molecule has 218 valence electrons. The molecule has 0 radical (unpaired) electrons. The molecule has 1 atom stereocenters. The van der Waals surface area contributed by atoms with E-state index in [9.17, 15) is 18.0 Å². The maximum atomic E-state index is 14.3. The molecule has 0 saturated heterocycles. The van der Waals surface area contributed by atoms with Crippen LogP contribution in [0.3, 0.4) is 0 Å². The first-order valence-electron chi connectivity index (χ1n) is 13.2. The van der Waals surface area contributed by atoms with E-state index in [1.807, 2.05) is 37.3 Å². The van der Waals surface area contributed by atoms with E-state index in [2.05, 4.69) is 21.2 Å². The van der Waals surface area contributed by atoms with E-state index in [1.54, 1.807) is 60.7 Å². The number of hydrogen-bond acceptors (Lipinski definition) is 4. The van der Waals surface area contributed by atoms with Crippen molar-refractivity contribution >= 4 is 55.1 Å². The zero-order valence-corrected chi connectivity index (χ0v) is 26.4. The van der Waals surface area contributed by atoms with Gasteiger partial charge in [-0.05, 0) is 60.5 Å². The van der Waals surface area contributed by atoms with Crippen LogP contribution in [0.4, 0.5) is 5.69 Å². The van der Waals surface area contributed by atoms with Gasteiger partial charge >= 0.3 is 0 Å². The van der Waals surface area contributed by atoms with Crippen LogP contribution in [0.15, 0.2) is 112 Å². The molecular weight excluding hydrogens is 638 g/mol. The molecule has 1 N–H and O–H groups in total. The number of hydrogen-bond donors (Lipinski definition) is 1. The van der Waals surface area contributed by atoms with Gasteiger partial charge < -0.3 is 10.2 Å². The van der Waals surface area contributed by atoms with Gasteiger partial charge in [0, 0.05) is 29.5 Å². The van der Waals surface area contributed by atoms with E-state index >= 15 is 0 Å². The largest absolute Gasteiger partial charge is 0.357 e. The molecule has 7 nitrogen and oxygen atoms in total. The zero-order chi connectivity index (χ0) is 30.3. The highest BCUT2D eigenvalue weighted by Crippen LogP contribution is 2.27. The molecule has 2 amide bonds. The van der Waals surface area contributed by atoms with Gasteiger partial charge in [0.2, 0.25) is 11.8 Å². The van der Waals surface area contributed by atoms with Gasteiger partial charge in [-0.2, -0.15) is 0 Å². The maximum Gasteiger partial charge on any atom is 0.264 e. The lowest BCUT2D eigenvalue weighted by Gasteiger charge is -2.33. The highest BCUT2D eigenvalue weighted by molar-refractivity contribution is 9.10. The fraction of sp³-hybridized carbons (Fsp3) is 0.188. The van der Waals surface area contributed by atoms with Gasteiger partial charge in [0.15, 0.2) is 0 Å². The van der Waals surface area contributed by atoms with Gasteiger partial charge in [-0.3, -0.25) is 13.9 Å². The van der Waals surface area contributed by atoms with Crippen LogP contribution in [-0.4, -0.2) is 44.8 Å². The Morgan fingerprint density at radius 2 is 1.50 bits per heavy atom. The summed E-state index contributed by atoms with van der Waals surface area (Å²) in [7, 11) is -2.65. The van der Waals surface area contributed by atoms with Crippen molar-refractivity contribution in [1.29, 1.82) is 0 Å². The first-order valence-corrected chi connectivity index (χ1v) is 15.8. The molecule has 0 saturated carbocycles. The van der Waals surface area contributed by atoms with Crippen molar-refractivity contribution in [2.45, 2.75) is 30.8 Å². The number of halogens is 2. The molecule has 0 aliphatic rings. The molecule has 10 heteroatoms. The Balaban J connectivity index is 1.79. The van der Waals surface area contributed by atoms with Crippen LogP contribution < -0.4 is 9.62 Å². The van der Waals surface area contributed by atoms with Crippen LogP contribution in [0, 0.1) is 6.92 Å². The van der Waals surface area contributed by atoms with Crippen LogP contribution in [0.1, 0.15) is 16.7 Å². The Morgan fingerprint density at radius 1 is 0.881 bits per heavy atom. The van der Waals surface area contributed by atoms with Gasteiger partial charge in [0.25, 0.3) is 10.0 Å². The second kappa shape index (κ2) is 14.0. The molecule has 0 aliphatic carbocycles. The molecule has 4 aromatic carbocycles. The van der Waals surface area contributed by atoms with Crippen molar-refractivity contribution < 1.29 is 18.0 Å². The number of carbonyl (C=O) groups is 2. The van der Waals surface area contributed by atoms with E-state index < -0.39 is 28.5 Å². The van der Waals surface area contributed by atoms with E-state index in [-0.39, 0.29) is 23.8 Å². The summed E-state index contributed by atoms with van der Waals surface area (Å²) < 4.78 is 29.8. The Labute approximate surface area is 260 Å². The summed E-state index contributed by atoms with van der Waals surface area (Å²) in [5, 5.41) is 3.10. The van der Waals surface area contributed by atoms with Crippen LogP contribution in [0.5, 0.6) is 0 Å². The Morgan fingerprint density at radius 3 is 2.12 bits per heavy atom. The lowest BCUT2D eigenvalue weighted by Crippen LogP contribution is -2.53. The lowest BCUT2D eigenvalue weighted by atomic mass is 10.0. The van der Waals surface area contributed by atoms with Crippen molar-refractivity contribution in [2.24, 2.45) is 0 Å². The highest BCUT2D eigenvalue weighted by atomic mass is 79.9. The first kappa shape index (κ1) is 31.3. The molecule has 0 fully saturated rings. The van der Waals surface area contributed by atoms with Gasteiger partial charge in [0.05, 0.1) is 10.6 Å². The van der Waals surface area contributed by atoms with Gasteiger partial charge in [0.1, 0.15) is 12.6 Å². The first-order chi connectivity index (χ1) is 20.1. The third-order valence-electron chi connectivity index (χ3n) is 6.82. The van der Waals surface area contributed by atoms with Crippen molar-refractivity contribution in [1.82, 2.24) is 10.2 Å². The summed E-state index contributed by atoms with van der Waals surface area (Å²) in [6, 6.07) is 28.6. The molecule has 0 heterocycles. The topological polar surface area (TPSA) is 86.8 Å². The quantitative estimate of drug-likeness (QED) is 0.213. The van der Waals surface area contributed by atoms with E-state index in [4.69, 9.17) is 11.6 Å². The molecule has 0 unspecified atom stereocenters. The molecule has 0 aromatic heterocycles. The monoisotopic (exact) mass is 667 g/mol. The van der Waals surface area contributed by atoms with Crippen molar-refractivity contribution in [3.63, 3.8) is 0 Å². The SMILES string of the molecule is CNC(=O)[C@H](Cc1ccccc1)N(Cc1ccccc1Cl)C(=O)CN(c1ccc(Br)cc1)S(=O)(=O)c1ccc(C)cc1. The normalized spacial score (nSPS) is 11.9. The molecule has 0 spiro atoms. The average Bonchev–Trinajstić information content (AvgIpc) is 2.99. The standard InChI is InChI=1S/C32H31BrClN3O4S/c1-23-12-18-28(19-13-23)42(40,41)37(27-16-14-26(33)15-17-27)22-31(38)36(21-25-10-6-7-11-29(25)34)30(32(39)35-2)20-24-8-4-3-5-9-24/h3-19,30H,20-22H2,1-2H3,(H,35,39)/t30-/m0/s1. The van der Waals surface area contributed by atoms with Crippen molar-refractivity contribution in [2.75, 3.05) is 17.9 Å². The third-order valence-corrected chi connectivity index (χ3v) is 9.50. The van der Waals surface area contributed by atoms with Crippen LogP contribution in [0.25, 0.3) is 0 Å². The van der Waals surface area contributed by atoms with E-state index in [0.29, 0.717) is 16.3 Å². The second-order valence-corrected chi connectivity index (χ2v) is 12.9. The number of likely N-dealkylation sites (N-methyl/N-ethyl adjacent to an activating group) is 1. The summed E-state index contributed by atoms with van der Waals surface area (Å²) in [5.74, 6) is -0.936. The minimum atomic E-state index is -4.16. The Kier molecular flexibility index (Phi) is 10.4. The second-order valence-electron chi connectivity index (χ2n) is 9.73. The number of anilines is 1. The summed E-state index contributed by atoms with van der Waals surface area (Å²) in [6.07, 6.45) is 0.222. The smallest absolute Gasteiger partial charge is 0.264 e. The van der Waals surface area contributed by atoms with Gasteiger partial charge in [-0.15, -0.1) is 0 Å². The van der Waals surface area contributed by atoms with Gasteiger partial charge in [-0.25, -0.2) is 8.42 Å². The number of rotatable bonds is 11. The van der Waals surface area contributed by atoms with Crippen LogP contribution in [-0.2, 0) is 32.6 Å². The maximum absolute atomic E-state index is 14.3. The highest BCUT2D eigenvalue weighted by Gasteiger charge is 2.34. The van der Waals surface area contributed by atoms with Crippen LogP contribution in [0.2, 0.25) is 5.02 Å². The number of benzene rings is 4. The summed E-state index contributed by atoms with van der Waals surface area (Å²) in [4.78, 5) is 29.0. The van der Waals surface area contributed by atoms with E-state index in [1.165, 1.54) is 24.1 Å². The molecule has 0 bridgehead atoms. The van der Waals surface area contributed by atoms with Crippen molar-refractivity contribution in [3.8, 4) is 0 Å². The minimum Gasteiger partial charge on any atom is -0.357 e. The average molecular weight is 669 g/mol. The molecular formula is C32H31BrClN3O4S. The number of amides is 2. The van der Waals surface area contributed by atoms with E-state index in [0.717, 1.165) is 19.9 Å². The fourth-order valence-electron chi connectivity index (χ4n) is 4.50. The summed E-state index contributed by atoms with van der Waals surface area (Å²) >= 11 is 9.87. The number of sulfonamides is 1. The Bertz CT molecular complexity index is 1630. The zero-order valence-electron chi connectivity index (χ0n) is 23.2. The molecule has 42 heavy (non-hydrogen) atoms.